The highest BCUT2D eigenvalue weighted by molar-refractivity contribution is 6.17. The lowest BCUT2D eigenvalue weighted by Crippen LogP contribution is -2.46. The molecule has 3 nitrogen and oxygen atoms in total. The Labute approximate surface area is 115 Å². The van der Waals surface area contributed by atoms with Crippen molar-refractivity contribution in [1.82, 2.24) is 5.32 Å². The molecule has 1 saturated carbocycles. The highest BCUT2D eigenvalue weighted by Crippen LogP contribution is 2.39. The lowest BCUT2D eigenvalue weighted by atomic mass is 9.71. The first-order chi connectivity index (χ1) is 8.37. The maximum atomic E-state index is 11.6. The molecule has 0 aromatic rings. The SMILES string of the molecule is CC1(C)CCC(O)(CNC(=O)CCCCCl)CC1. The van der Waals surface area contributed by atoms with E-state index in [1.54, 1.807) is 0 Å². The van der Waals surface area contributed by atoms with Crippen LogP contribution in [0.15, 0.2) is 0 Å². The van der Waals surface area contributed by atoms with Crippen molar-refractivity contribution in [3.63, 3.8) is 0 Å². The van der Waals surface area contributed by atoms with Gasteiger partial charge in [0.25, 0.3) is 0 Å². The summed E-state index contributed by atoms with van der Waals surface area (Å²) >= 11 is 5.56. The van der Waals surface area contributed by atoms with Gasteiger partial charge in [-0.25, -0.2) is 0 Å². The number of halogens is 1. The van der Waals surface area contributed by atoms with Gasteiger partial charge in [-0.2, -0.15) is 0 Å². The van der Waals surface area contributed by atoms with Crippen LogP contribution in [0.5, 0.6) is 0 Å². The molecule has 0 spiro atoms. The van der Waals surface area contributed by atoms with Crippen LogP contribution in [0.2, 0.25) is 0 Å². The summed E-state index contributed by atoms with van der Waals surface area (Å²) in [5, 5.41) is 13.2. The maximum absolute atomic E-state index is 11.6. The van der Waals surface area contributed by atoms with E-state index < -0.39 is 5.60 Å². The molecule has 1 amide bonds. The predicted molar refractivity (Wildman–Crippen MR) is 74.8 cm³/mol. The third-order valence-electron chi connectivity index (χ3n) is 3.94. The molecular weight excluding hydrogens is 250 g/mol. The van der Waals surface area contributed by atoms with Gasteiger partial charge >= 0.3 is 0 Å². The van der Waals surface area contributed by atoms with E-state index in [4.69, 9.17) is 11.6 Å². The number of hydrogen-bond acceptors (Lipinski definition) is 2. The van der Waals surface area contributed by atoms with Gasteiger partial charge in [-0.05, 0) is 43.9 Å². The number of carbonyl (C=O) groups is 1. The van der Waals surface area contributed by atoms with Crippen molar-refractivity contribution in [1.29, 1.82) is 0 Å². The van der Waals surface area contributed by atoms with Crippen molar-refractivity contribution in [3.05, 3.63) is 0 Å². The smallest absolute Gasteiger partial charge is 0.220 e. The molecule has 1 aliphatic carbocycles. The highest BCUT2D eigenvalue weighted by Gasteiger charge is 2.36. The van der Waals surface area contributed by atoms with Crippen LogP contribution >= 0.6 is 11.6 Å². The summed E-state index contributed by atoms with van der Waals surface area (Å²) in [6.07, 6.45) is 5.80. The summed E-state index contributed by atoms with van der Waals surface area (Å²) < 4.78 is 0. The number of aliphatic hydroxyl groups is 1. The molecule has 0 bridgehead atoms. The Bertz CT molecular complexity index is 269. The molecule has 18 heavy (non-hydrogen) atoms. The Morgan fingerprint density at radius 2 is 1.83 bits per heavy atom. The zero-order chi connectivity index (χ0) is 13.6. The molecule has 0 aromatic heterocycles. The summed E-state index contributed by atoms with van der Waals surface area (Å²) in [5.41, 5.74) is -0.367. The van der Waals surface area contributed by atoms with Crippen LogP contribution in [0.1, 0.15) is 58.8 Å². The molecular formula is C14H26ClNO2. The molecule has 1 fully saturated rings. The van der Waals surface area contributed by atoms with Crippen LogP contribution in [-0.2, 0) is 4.79 Å². The molecule has 0 atom stereocenters. The molecule has 2 N–H and O–H groups in total. The first-order valence-corrected chi connectivity index (χ1v) is 7.45. The summed E-state index contributed by atoms with van der Waals surface area (Å²) in [6, 6.07) is 0. The molecule has 1 aliphatic rings. The first-order valence-electron chi connectivity index (χ1n) is 6.92. The van der Waals surface area contributed by atoms with Crippen LogP contribution in [-0.4, -0.2) is 29.0 Å². The van der Waals surface area contributed by atoms with Gasteiger partial charge in [-0.15, -0.1) is 11.6 Å². The largest absolute Gasteiger partial charge is 0.388 e. The van der Waals surface area contributed by atoms with Crippen molar-refractivity contribution < 1.29 is 9.90 Å². The zero-order valence-corrected chi connectivity index (χ0v) is 12.4. The molecule has 106 valence electrons. The fraction of sp³-hybridized carbons (Fsp3) is 0.929. The van der Waals surface area contributed by atoms with Crippen LogP contribution < -0.4 is 5.32 Å². The minimum absolute atomic E-state index is 0.0263. The summed E-state index contributed by atoms with van der Waals surface area (Å²) in [5.74, 6) is 0.630. The minimum Gasteiger partial charge on any atom is -0.388 e. The summed E-state index contributed by atoms with van der Waals surface area (Å²) in [4.78, 5) is 11.6. The number of amides is 1. The first kappa shape index (κ1) is 15.8. The quantitative estimate of drug-likeness (QED) is 0.578. The third-order valence-corrected chi connectivity index (χ3v) is 4.20. The summed E-state index contributed by atoms with van der Waals surface area (Å²) in [6.45, 7) is 4.86. The van der Waals surface area contributed by atoms with Gasteiger partial charge in [-0.1, -0.05) is 13.8 Å². The van der Waals surface area contributed by atoms with Gasteiger partial charge in [-0.3, -0.25) is 4.79 Å². The second kappa shape index (κ2) is 6.76. The normalized spacial score (nSPS) is 21.6. The average molecular weight is 276 g/mol. The van der Waals surface area contributed by atoms with Gasteiger partial charge in [0.2, 0.25) is 5.91 Å². The minimum atomic E-state index is -0.697. The van der Waals surface area contributed by atoms with E-state index in [9.17, 15) is 9.90 Å². The van der Waals surface area contributed by atoms with E-state index in [0.29, 0.717) is 24.3 Å². The maximum Gasteiger partial charge on any atom is 0.220 e. The predicted octanol–water partition coefficient (Wildman–Crippen LogP) is 2.84. The van der Waals surface area contributed by atoms with Gasteiger partial charge in [0.1, 0.15) is 0 Å². The average Bonchev–Trinajstić information content (AvgIpc) is 2.32. The number of hydrogen-bond donors (Lipinski definition) is 2. The van der Waals surface area contributed by atoms with E-state index in [2.05, 4.69) is 19.2 Å². The fourth-order valence-electron chi connectivity index (χ4n) is 2.30. The van der Waals surface area contributed by atoms with Crippen LogP contribution in [0.25, 0.3) is 0 Å². The second-order valence-corrected chi connectivity index (χ2v) is 6.69. The Morgan fingerprint density at radius 3 is 2.39 bits per heavy atom. The van der Waals surface area contributed by atoms with Crippen LogP contribution in [0, 0.1) is 5.41 Å². The van der Waals surface area contributed by atoms with Crippen molar-refractivity contribution in [2.24, 2.45) is 5.41 Å². The van der Waals surface area contributed by atoms with Crippen LogP contribution in [0.4, 0.5) is 0 Å². The van der Waals surface area contributed by atoms with E-state index in [1.165, 1.54) is 0 Å². The Hall–Kier alpha value is -0.280. The van der Waals surface area contributed by atoms with Gasteiger partial charge in [0, 0.05) is 18.8 Å². The monoisotopic (exact) mass is 275 g/mol. The van der Waals surface area contributed by atoms with E-state index >= 15 is 0 Å². The fourth-order valence-corrected chi connectivity index (χ4v) is 2.49. The topological polar surface area (TPSA) is 49.3 Å². The van der Waals surface area contributed by atoms with Gasteiger partial charge < -0.3 is 10.4 Å². The second-order valence-electron chi connectivity index (χ2n) is 6.31. The van der Waals surface area contributed by atoms with Crippen LogP contribution in [0.3, 0.4) is 0 Å². The molecule has 0 aliphatic heterocycles. The molecule has 1 rings (SSSR count). The number of nitrogens with one attached hydrogen (secondary N) is 1. The van der Waals surface area contributed by atoms with Crippen molar-refractivity contribution in [2.45, 2.75) is 64.4 Å². The number of unbranched alkanes of at least 4 members (excludes halogenated alkanes) is 1. The molecule has 4 heteroatoms. The Balaban J connectivity index is 2.24. The van der Waals surface area contributed by atoms with E-state index in [-0.39, 0.29) is 5.91 Å². The Morgan fingerprint density at radius 1 is 1.22 bits per heavy atom. The third kappa shape index (κ3) is 5.57. The van der Waals surface area contributed by atoms with Crippen molar-refractivity contribution >= 4 is 17.5 Å². The molecule has 0 saturated heterocycles. The number of alkyl halides is 1. The van der Waals surface area contributed by atoms with E-state index in [1.807, 2.05) is 0 Å². The Kier molecular flexibility index (Phi) is 5.93. The highest BCUT2D eigenvalue weighted by atomic mass is 35.5. The lowest BCUT2D eigenvalue weighted by molar-refractivity contribution is -0.123. The standard InChI is InChI=1S/C14H26ClNO2/c1-13(2)6-8-14(18,9-7-13)11-16-12(17)5-3-4-10-15/h18H,3-11H2,1-2H3,(H,16,17). The van der Waals surface area contributed by atoms with Crippen molar-refractivity contribution in [2.75, 3.05) is 12.4 Å². The number of carbonyl (C=O) groups excluding carboxylic acids is 1. The van der Waals surface area contributed by atoms with Crippen molar-refractivity contribution in [3.8, 4) is 0 Å². The number of rotatable bonds is 6. The molecule has 0 radical (unpaired) electrons. The molecule has 0 heterocycles. The van der Waals surface area contributed by atoms with Gasteiger partial charge in [0.15, 0.2) is 0 Å². The summed E-state index contributed by atoms with van der Waals surface area (Å²) in [7, 11) is 0. The van der Waals surface area contributed by atoms with Gasteiger partial charge in [0.05, 0.1) is 5.60 Å². The molecule has 0 aromatic carbocycles. The molecule has 0 unspecified atom stereocenters. The lowest BCUT2D eigenvalue weighted by Gasteiger charge is -2.40. The van der Waals surface area contributed by atoms with E-state index in [0.717, 1.165) is 38.5 Å². The zero-order valence-electron chi connectivity index (χ0n) is 11.6.